The van der Waals surface area contributed by atoms with Crippen molar-refractivity contribution in [2.45, 2.75) is 65.6 Å². The molecule has 0 aromatic heterocycles. The van der Waals surface area contributed by atoms with Crippen LogP contribution in [0.4, 0.5) is 10.5 Å². The second-order valence-corrected chi connectivity index (χ2v) is 11.4. The summed E-state index contributed by atoms with van der Waals surface area (Å²) >= 11 is 7.88. The molecule has 0 aliphatic heterocycles. The second kappa shape index (κ2) is 13.6. The zero-order chi connectivity index (χ0) is 28.6. The van der Waals surface area contributed by atoms with Gasteiger partial charge in [0.05, 0.1) is 10.7 Å². The van der Waals surface area contributed by atoms with Crippen LogP contribution in [0.25, 0.3) is 0 Å². The quantitative estimate of drug-likeness (QED) is 0.291. The molecule has 0 saturated carbocycles. The van der Waals surface area contributed by atoms with E-state index in [-0.39, 0.29) is 0 Å². The van der Waals surface area contributed by atoms with E-state index in [0.717, 1.165) is 21.6 Å². The van der Waals surface area contributed by atoms with Gasteiger partial charge in [0.1, 0.15) is 17.7 Å². The fraction of sp³-hybridized carbons (Fsp3) is 0.414. The first kappa shape index (κ1) is 31.1. The molecule has 2 rings (SSSR count). The normalized spacial score (nSPS) is 12.6. The molecule has 7 nitrogen and oxygen atoms in total. The molecule has 2 N–H and O–H groups in total. The van der Waals surface area contributed by atoms with Crippen molar-refractivity contribution in [3.8, 4) is 12.5 Å². The molecular formula is C29H36ClN3O4S. The van der Waals surface area contributed by atoms with E-state index in [1.165, 1.54) is 11.8 Å². The van der Waals surface area contributed by atoms with Gasteiger partial charge in [-0.2, -0.15) is 11.8 Å². The highest BCUT2D eigenvalue weighted by Gasteiger charge is 2.36. The molecule has 204 valence electrons. The van der Waals surface area contributed by atoms with Gasteiger partial charge in [0, 0.05) is 6.04 Å². The number of anilines is 1. The summed E-state index contributed by atoms with van der Waals surface area (Å²) in [5, 5.41) is 5.86. The first-order chi connectivity index (χ1) is 17.8. The number of hydrogen-bond donors (Lipinski definition) is 2. The van der Waals surface area contributed by atoms with Crippen LogP contribution in [0, 0.1) is 33.2 Å². The predicted octanol–water partition coefficient (Wildman–Crippen LogP) is 6.01. The fourth-order valence-corrected chi connectivity index (χ4v) is 4.45. The minimum atomic E-state index is -1.18. The third-order valence-corrected chi connectivity index (χ3v) is 6.76. The lowest BCUT2D eigenvalue weighted by Gasteiger charge is -2.31. The zero-order valence-electron chi connectivity index (χ0n) is 23.0. The number of hydrogen-bond acceptors (Lipinski definition) is 5. The van der Waals surface area contributed by atoms with Crippen molar-refractivity contribution >= 4 is 47.0 Å². The maximum absolute atomic E-state index is 13.8. The Morgan fingerprint density at radius 1 is 1.11 bits per heavy atom. The van der Waals surface area contributed by atoms with Crippen molar-refractivity contribution in [3.63, 3.8) is 0 Å². The Morgan fingerprint density at radius 2 is 1.79 bits per heavy atom. The number of thioether (sulfide) groups is 1. The number of halogens is 1. The lowest BCUT2D eigenvalue weighted by Crippen LogP contribution is -2.51. The lowest BCUT2D eigenvalue weighted by molar-refractivity contribution is -0.136. The van der Waals surface area contributed by atoms with Gasteiger partial charge in [-0.25, -0.2) is 4.79 Å². The van der Waals surface area contributed by atoms with Crippen LogP contribution in [0.2, 0.25) is 5.02 Å². The first-order valence-corrected chi connectivity index (χ1v) is 14.0. The number of aryl methyl sites for hydroxylation is 3. The van der Waals surface area contributed by atoms with Crippen LogP contribution < -0.4 is 10.6 Å². The number of para-hydroxylation sites is 1. The van der Waals surface area contributed by atoms with E-state index < -0.39 is 35.6 Å². The molecule has 2 unspecified atom stereocenters. The Morgan fingerprint density at radius 3 is 2.34 bits per heavy atom. The number of ether oxygens (including phenoxy) is 1. The van der Waals surface area contributed by atoms with Gasteiger partial charge in [-0.05, 0) is 88.3 Å². The van der Waals surface area contributed by atoms with Gasteiger partial charge in [0.25, 0.3) is 11.8 Å². The molecule has 0 fully saturated rings. The Kier molecular flexibility index (Phi) is 11.1. The summed E-state index contributed by atoms with van der Waals surface area (Å²) in [6.07, 6.45) is 7.32. The van der Waals surface area contributed by atoms with Gasteiger partial charge in [-0.15, -0.1) is 0 Å². The minimum Gasteiger partial charge on any atom is -0.444 e. The smallest absolute Gasteiger partial charge is 0.408 e. The number of alkyl carbamates (subject to hydrolysis) is 1. The van der Waals surface area contributed by atoms with Crippen LogP contribution in [0.1, 0.15) is 55.5 Å². The van der Waals surface area contributed by atoms with Crippen LogP contribution in [0.15, 0.2) is 36.4 Å². The average Bonchev–Trinajstić information content (AvgIpc) is 2.82. The molecule has 0 radical (unpaired) electrons. The van der Waals surface area contributed by atoms with Crippen LogP contribution in [-0.4, -0.2) is 46.5 Å². The van der Waals surface area contributed by atoms with E-state index in [0.29, 0.717) is 28.4 Å². The van der Waals surface area contributed by atoms with E-state index in [2.05, 4.69) is 16.7 Å². The predicted molar refractivity (Wildman–Crippen MR) is 155 cm³/mol. The molecule has 38 heavy (non-hydrogen) atoms. The third kappa shape index (κ3) is 8.44. The molecule has 0 aliphatic rings. The van der Waals surface area contributed by atoms with E-state index in [4.69, 9.17) is 22.8 Å². The number of amides is 3. The molecule has 0 heterocycles. The van der Waals surface area contributed by atoms with Crippen molar-refractivity contribution in [2.75, 3.05) is 17.3 Å². The topological polar surface area (TPSA) is 87.7 Å². The summed E-state index contributed by atoms with van der Waals surface area (Å²) < 4.78 is 5.37. The van der Waals surface area contributed by atoms with Crippen molar-refractivity contribution in [2.24, 2.45) is 0 Å². The number of terminal acetylenes is 1. The van der Waals surface area contributed by atoms with Crippen LogP contribution in [0.3, 0.4) is 0 Å². The van der Waals surface area contributed by atoms with Gasteiger partial charge >= 0.3 is 6.09 Å². The molecule has 2 aromatic rings. The lowest BCUT2D eigenvalue weighted by atomic mass is 9.98. The summed E-state index contributed by atoms with van der Waals surface area (Å²) in [6, 6.07) is 11.0. The Hall–Kier alpha value is -3.15. The Labute approximate surface area is 235 Å². The van der Waals surface area contributed by atoms with Gasteiger partial charge in [-0.3, -0.25) is 14.5 Å². The van der Waals surface area contributed by atoms with E-state index in [9.17, 15) is 14.4 Å². The number of nitrogens with zero attached hydrogens (tertiary/aromatic N) is 1. The monoisotopic (exact) mass is 557 g/mol. The Balaban J connectivity index is 2.52. The highest BCUT2D eigenvalue weighted by Crippen LogP contribution is 2.30. The van der Waals surface area contributed by atoms with E-state index >= 15 is 0 Å². The van der Waals surface area contributed by atoms with Crippen molar-refractivity contribution in [3.05, 3.63) is 63.7 Å². The summed E-state index contributed by atoms with van der Waals surface area (Å²) in [5.74, 6) is -0.553. The molecule has 0 saturated heterocycles. The van der Waals surface area contributed by atoms with E-state index in [1.807, 2.05) is 45.2 Å². The van der Waals surface area contributed by atoms with Gasteiger partial charge in [0.15, 0.2) is 0 Å². The minimum absolute atomic E-state index is 0.294. The van der Waals surface area contributed by atoms with E-state index in [1.54, 1.807) is 39.0 Å². The summed E-state index contributed by atoms with van der Waals surface area (Å²) in [7, 11) is 0. The number of nitrogens with one attached hydrogen (secondary N) is 2. The standard InChI is InChI=1S/C29H36ClN3O4S/c1-9-33(27(35)23(15-16-38-8)31-28(36)37-29(5,6)7)25(21-14-13-18(2)20(4)17-21)26(34)32-24-19(3)11-10-12-22(24)30/h1,10-14,17,23,25H,15-16H2,2-8H3,(H,31,36)(H,32,34). The Bertz CT molecular complexity index is 1200. The largest absolute Gasteiger partial charge is 0.444 e. The molecule has 3 amide bonds. The maximum atomic E-state index is 13.8. The van der Waals surface area contributed by atoms with Gasteiger partial charge in [0.2, 0.25) is 0 Å². The third-order valence-electron chi connectivity index (χ3n) is 5.80. The molecule has 2 atom stereocenters. The van der Waals surface area contributed by atoms with Crippen molar-refractivity contribution < 1.29 is 19.1 Å². The molecule has 0 bridgehead atoms. The van der Waals surface area contributed by atoms with Crippen LogP contribution in [-0.2, 0) is 14.3 Å². The highest BCUT2D eigenvalue weighted by molar-refractivity contribution is 7.98. The molecule has 0 aliphatic carbocycles. The van der Waals surface area contributed by atoms with Crippen molar-refractivity contribution in [1.82, 2.24) is 10.2 Å². The first-order valence-electron chi connectivity index (χ1n) is 12.2. The van der Waals surface area contributed by atoms with Crippen molar-refractivity contribution in [1.29, 1.82) is 0 Å². The molecule has 0 spiro atoms. The molecular weight excluding hydrogens is 522 g/mol. The zero-order valence-corrected chi connectivity index (χ0v) is 24.5. The van der Waals surface area contributed by atoms with Crippen LogP contribution in [0.5, 0.6) is 0 Å². The fourth-order valence-electron chi connectivity index (χ4n) is 3.71. The van der Waals surface area contributed by atoms with Gasteiger partial charge < -0.3 is 15.4 Å². The SMILES string of the molecule is C#CN(C(=O)C(CCSC)NC(=O)OC(C)(C)C)C(C(=O)Nc1c(C)cccc1Cl)c1ccc(C)c(C)c1. The summed E-state index contributed by atoms with van der Waals surface area (Å²) in [6.45, 7) is 10.9. The summed E-state index contributed by atoms with van der Waals surface area (Å²) in [4.78, 5) is 41.2. The number of carbonyl (C=O) groups is 3. The summed E-state index contributed by atoms with van der Waals surface area (Å²) in [5.41, 5.74) is 2.93. The molecule has 9 heteroatoms. The average molecular weight is 558 g/mol. The number of rotatable bonds is 9. The molecule has 2 aromatic carbocycles. The number of benzene rings is 2. The number of carbonyl (C=O) groups excluding carboxylic acids is 3. The highest BCUT2D eigenvalue weighted by atomic mass is 35.5. The van der Waals surface area contributed by atoms with Crippen LogP contribution >= 0.6 is 23.4 Å². The van der Waals surface area contributed by atoms with Gasteiger partial charge in [-0.1, -0.05) is 48.4 Å². The second-order valence-electron chi connectivity index (χ2n) is 9.98. The maximum Gasteiger partial charge on any atom is 0.408 e.